The molecule has 1 rings (SSSR count). The Bertz CT molecular complexity index is 663. The summed E-state index contributed by atoms with van der Waals surface area (Å²) in [6.45, 7) is 4.71. The maximum Gasteiger partial charge on any atom is 0.340 e. The van der Waals surface area contributed by atoms with Gasteiger partial charge >= 0.3 is 10.2 Å². The maximum absolute atomic E-state index is 11.7. The van der Waals surface area contributed by atoms with E-state index in [1.165, 1.54) is 20.1 Å². The topological polar surface area (TPSA) is 119 Å². The molecule has 0 bridgehead atoms. The molecule has 0 atom stereocenters. The van der Waals surface area contributed by atoms with E-state index >= 15 is 0 Å². The first-order valence-corrected chi connectivity index (χ1v) is 6.34. The van der Waals surface area contributed by atoms with Crippen LogP contribution in [0.25, 0.3) is 0 Å². The smallest absolute Gasteiger partial charge is 0.340 e. The van der Waals surface area contributed by atoms with Crippen molar-refractivity contribution in [2.24, 2.45) is 0 Å². The van der Waals surface area contributed by atoms with E-state index in [0.29, 0.717) is 0 Å². The molecule has 0 spiro atoms. The zero-order valence-corrected chi connectivity index (χ0v) is 11.0. The van der Waals surface area contributed by atoms with Crippen LogP contribution in [0.2, 0.25) is 0 Å². The minimum absolute atomic E-state index is 0.0730. The highest BCUT2D eigenvalue weighted by atomic mass is 32.2. The molecule has 0 saturated heterocycles. The molecule has 1 amide bonds. The molecular formula is C9H12N4O5S. The van der Waals surface area contributed by atoms with Crippen molar-refractivity contribution in [1.82, 2.24) is 19.4 Å². The van der Waals surface area contributed by atoms with Crippen LogP contribution in [0.15, 0.2) is 29.1 Å². The van der Waals surface area contributed by atoms with Crippen molar-refractivity contribution < 1.29 is 17.9 Å². The molecule has 19 heavy (non-hydrogen) atoms. The molecule has 0 unspecified atom stereocenters. The van der Waals surface area contributed by atoms with E-state index in [4.69, 9.17) is 4.74 Å². The van der Waals surface area contributed by atoms with E-state index in [2.05, 4.69) is 11.7 Å². The fraction of sp³-hybridized carbons (Fsp3) is 0.222. The number of hydrogen-bond donors (Lipinski definition) is 2. The van der Waals surface area contributed by atoms with Gasteiger partial charge in [0.15, 0.2) is 0 Å². The van der Waals surface area contributed by atoms with Gasteiger partial charge in [0.2, 0.25) is 5.88 Å². The summed E-state index contributed by atoms with van der Waals surface area (Å²) in [5, 5.41) is 3.44. The first-order chi connectivity index (χ1) is 8.77. The number of methoxy groups -OCH3 is 1. The number of hydrazine groups is 1. The van der Waals surface area contributed by atoms with Gasteiger partial charge in [-0.2, -0.15) is 8.42 Å². The van der Waals surface area contributed by atoms with Gasteiger partial charge in [-0.05, 0) is 6.92 Å². The number of nitrogens with zero attached hydrogens (tertiary/aromatic N) is 2. The number of amides is 1. The predicted molar refractivity (Wildman–Crippen MR) is 65.5 cm³/mol. The minimum atomic E-state index is -4.36. The molecule has 0 aliphatic rings. The molecule has 10 heteroatoms. The van der Waals surface area contributed by atoms with E-state index in [-0.39, 0.29) is 15.5 Å². The quantitative estimate of drug-likeness (QED) is 0.505. The third-order valence-electron chi connectivity index (χ3n) is 1.86. The van der Waals surface area contributed by atoms with Crippen LogP contribution >= 0.6 is 0 Å². The van der Waals surface area contributed by atoms with Gasteiger partial charge in [-0.1, -0.05) is 6.58 Å². The molecule has 104 valence electrons. The number of nitrogens with one attached hydrogen (secondary N) is 2. The van der Waals surface area contributed by atoms with Crippen molar-refractivity contribution in [3.05, 3.63) is 34.6 Å². The molecule has 0 aliphatic carbocycles. The molecule has 0 fully saturated rings. The van der Waals surface area contributed by atoms with Crippen LogP contribution in [-0.4, -0.2) is 30.6 Å². The van der Waals surface area contributed by atoms with Gasteiger partial charge in [-0.25, -0.2) is 0 Å². The standard InChI is InChI=1S/C9H12N4O5S/c1-6(2)9(15)10-12-19(16,17)13-8(14)5-4-7(11-13)18-3/h4-5,12H,1H2,2-3H3,(H,10,15). The van der Waals surface area contributed by atoms with Crippen LogP contribution in [0.3, 0.4) is 0 Å². The molecule has 0 aliphatic heterocycles. The van der Waals surface area contributed by atoms with Crippen molar-refractivity contribution in [3.8, 4) is 5.88 Å². The summed E-state index contributed by atoms with van der Waals surface area (Å²) in [5.74, 6) is -0.810. The summed E-state index contributed by atoms with van der Waals surface area (Å²) in [4.78, 5) is 24.3. The molecular weight excluding hydrogens is 276 g/mol. The highest BCUT2D eigenvalue weighted by Gasteiger charge is 2.18. The van der Waals surface area contributed by atoms with Crippen LogP contribution in [0.1, 0.15) is 6.92 Å². The maximum atomic E-state index is 11.7. The lowest BCUT2D eigenvalue weighted by atomic mass is 10.3. The zero-order valence-electron chi connectivity index (χ0n) is 10.2. The summed E-state index contributed by atoms with van der Waals surface area (Å²) >= 11 is 0. The van der Waals surface area contributed by atoms with E-state index in [1.54, 1.807) is 4.83 Å². The second-order valence-electron chi connectivity index (χ2n) is 3.40. The van der Waals surface area contributed by atoms with Gasteiger partial charge in [0.1, 0.15) is 0 Å². The minimum Gasteiger partial charge on any atom is -0.480 e. The summed E-state index contributed by atoms with van der Waals surface area (Å²) in [5.41, 5.74) is 1.06. The van der Waals surface area contributed by atoms with E-state index in [9.17, 15) is 18.0 Å². The second-order valence-corrected chi connectivity index (χ2v) is 4.90. The lowest BCUT2D eigenvalue weighted by Gasteiger charge is -2.09. The fourth-order valence-electron chi connectivity index (χ4n) is 0.920. The third kappa shape index (κ3) is 3.63. The van der Waals surface area contributed by atoms with Crippen LogP contribution in [0.5, 0.6) is 5.88 Å². The molecule has 2 N–H and O–H groups in total. The highest BCUT2D eigenvalue weighted by Crippen LogP contribution is 2.00. The average Bonchev–Trinajstić information content (AvgIpc) is 2.36. The zero-order chi connectivity index (χ0) is 14.6. The van der Waals surface area contributed by atoms with Crippen molar-refractivity contribution in [2.75, 3.05) is 7.11 Å². The Morgan fingerprint density at radius 1 is 1.47 bits per heavy atom. The Kier molecular flexibility index (Phi) is 4.40. The Morgan fingerprint density at radius 3 is 2.63 bits per heavy atom. The molecule has 0 saturated carbocycles. The van der Waals surface area contributed by atoms with Gasteiger partial charge in [-0.15, -0.1) is 14.0 Å². The summed E-state index contributed by atoms with van der Waals surface area (Å²) in [6.07, 6.45) is 0. The molecule has 0 aromatic carbocycles. The first kappa shape index (κ1) is 14.9. The highest BCUT2D eigenvalue weighted by molar-refractivity contribution is 7.87. The van der Waals surface area contributed by atoms with Gasteiger partial charge < -0.3 is 4.74 Å². The lowest BCUT2D eigenvalue weighted by Crippen LogP contribution is -2.47. The van der Waals surface area contributed by atoms with Crippen LogP contribution in [0.4, 0.5) is 0 Å². The normalized spacial score (nSPS) is 10.8. The Hall–Kier alpha value is -2.20. The fourth-order valence-corrected chi connectivity index (χ4v) is 1.71. The summed E-state index contributed by atoms with van der Waals surface area (Å²) in [6, 6.07) is 2.17. The van der Waals surface area contributed by atoms with Crippen molar-refractivity contribution >= 4 is 16.1 Å². The van der Waals surface area contributed by atoms with Crippen molar-refractivity contribution in [1.29, 1.82) is 0 Å². The number of hydrogen-bond acceptors (Lipinski definition) is 6. The number of rotatable bonds is 5. The van der Waals surface area contributed by atoms with Crippen LogP contribution in [0, 0.1) is 0 Å². The Labute approximate surface area is 109 Å². The number of aromatic nitrogens is 2. The average molecular weight is 288 g/mol. The van der Waals surface area contributed by atoms with Gasteiger partial charge in [0, 0.05) is 17.7 Å². The number of ether oxygens (including phenoxy) is 1. The van der Waals surface area contributed by atoms with Crippen molar-refractivity contribution in [2.45, 2.75) is 6.92 Å². The second kappa shape index (κ2) is 5.63. The molecule has 0 radical (unpaired) electrons. The van der Waals surface area contributed by atoms with Gasteiger partial charge in [-0.3, -0.25) is 15.0 Å². The third-order valence-corrected chi connectivity index (χ3v) is 2.94. The first-order valence-electron chi connectivity index (χ1n) is 4.90. The number of carbonyl (C=O) groups is 1. The molecule has 1 aromatic heterocycles. The monoisotopic (exact) mass is 288 g/mol. The molecule has 1 aromatic rings. The van der Waals surface area contributed by atoms with Gasteiger partial charge in [0.25, 0.3) is 11.5 Å². The van der Waals surface area contributed by atoms with Crippen LogP contribution < -0.4 is 20.6 Å². The predicted octanol–water partition coefficient (Wildman–Crippen LogP) is -1.46. The Morgan fingerprint density at radius 2 is 2.11 bits per heavy atom. The lowest BCUT2D eigenvalue weighted by molar-refractivity contribution is -0.117. The number of carbonyl (C=O) groups excluding carboxylic acids is 1. The largest absolute Gasteiger partial charge is 0.480 e. The van der Waals surface area contributed by atoms with E-state index < -0.39 is 21.7 Å². The van der Waals surface area contributed by atoms with E-state index in [1.807, 2.05) is 5.43 Å². The van der Waals surface area contributed by atoms with Crippen molar-refractivity contribution in [3.63, 3.8) is 0 Å². The van der Waals surface area contributed by atoms with E-state index in [0.717, 1.165) is 6.07 Å². The summed E-state index contributed by atoms with van der Waals surface area (Å²) in [7, 11) is -3.10. The van der Waals surface area contributed by atoms with Crippen LogP contribution in [-0.2, 0) is 15.0 Å². The molecule has 9 nitrogen and oxygen atoms in total. The summed E-state index contributed by atoms with van der Waals surface area (Å²) < 4.78 is 28.3. The SMILES string of the molecule is C=C(C)C(=O)NNS(=O)(=O)n1nc(OC)ccc1=O. The van der Waals surface area contributed by atoms with Gasteiger partial charge in [0.05, 0.1) is 7.11 Å². The molecule has 1 heterocycles. The Balaban J connectivity index is 3.04.